The number of carbonyl (C=O) groups excluding carboxylic acids is 1. The van der Waals surface area contributed by atoms with Gasteiger partial charge in [0.1, 0.15) is 5.82 Å². The van der Waals surface area contributed by atoms with Crippen LogP contribution in [0, 0.1) is 5.82 Å². The summed E-state index contributed by atoms with van der Waals surface area (Å²) >= 11 is 0. The number of carbonyl (C=O) groups is 1. The maximum Gasteiger partial charge on any atom is 0.256 e. The molecule has 0 aliphatic carbocycles. The van der Waals surface area contributed by atoms with Gasteiger partial charge in [-0.3, -0.25) is 4.79 Å². The number of rotatable bonds is 2. The molecule has 2 N–H and O–H groups in total. The molecule has 0 radical (unpaired) electrons. The summed E-state index contributed by atoms with van der Waals surface area (Å²) in [6.07, 6.45) is 2.01. The quantitative estimate of drug-likeness (QED) is 0.826. The zero-order valence-electron chi connectivity index (χ0n) is 11.4. The van der Waals surface area contributed by atoms with E-state index in [2.05, 4.69) is 4.90 Å². The lowest BCUT2D eigenvalue weighted by molar-refractivity contribution is 0.0630. The van der Waals surface area contributed by atoms with Crippen LogP contribution in [0.3, 0.4) is 0 Å². The first-order valence-corrected chi connectivity index (χ1v) is 6.50. The molecule has 1 saturated heterocycles. The van der Waals surface area contributed by atoms with Crippen molar-refractivity contribution in [2.75, 3.05) is 32.9 Å². The average molecular weight is 265 g/mol. The van der Waals surface area contributed by atoms with Gasteiger partial charge in [-0.05, 0) is 45.1 Å². The minimum atomic E-state index is -0.508. The summed E-state index contributed by atoms with van der Waals surface area (Å²) in [5.41, 5.74) is 6.10. The fourth-order valence-corrected chi connectivity index (χ4v) is 2.44. The Morgan fingerprint density at radius 2 is 2.21 bits per heavy atom. The molecule has 1 unspecified atom stereocenters. The molecule has 0 spiro atoms. The van der Waals surface area contributed by atoms with Crippen molar-refractivity contribution in [1.82, 2.24) is 9.80 Å². The third-order valence-electron chi connectivity index (χ3n) is 3.63. The van der Waals surface area contributed by atoms with Crippen LogP contribution >= 0.6 is 0 Å². The normalized spacial score (nSPS) is 19.8. The number of hydrogen-bond donors (Lipinski definition) is 1. The van der Waals surface area contributed by atoms with Gasteiger partial charge < -0.3 is 15.5 Å². The first-order chi connectivity index (χ1) is 8.99. The monoisotopic (exact) mass is 265 g/mol. The first kappa shape index (κ1) is 13.8. The van der Waals surface area contributed by atoms with E-state index in [1.54, 1.807) is 4.90 Å². The van der Waals surface area contributed by atoms with Crippen LogP contribution in [-0.4, -0.2) is 48.9 Å². The van der Waals surface area contributed by atoms with E-state index in [0.717, 1.165) is 12.8 Å². The Morgan fingerprint density at radius 3 is 2.89 bits per heavy atom. The van der Waals surface area contributed by atoms with Gasteiger partial charge in [-0.1, -0.05) is 0 Å². The van der Waals surface area contributed by atoms with Crippen molar-refractivity contribution in [3.63, 3.8) is 0 Å². The molecule has 4 nitrogen and oxygen atoms in total. The predicted octanol–water partition coefficient (Wildman–Crippen LogP) is 1.57. The summed E-state index contributed by atoms with van der Waals surface area (Å²) in [7, 11) is 4.00. The number of hydrogen-bond acceptors (Lipinski definition) is 3. The van der Waals surface area contributed by atoms with E-state index in [4.69, 9.17) is 5.73 Å². The number of likely N-dealkylation sites (tertiary alicyclic amines) is 1. The summed E-state index contributed by atoms with van der Waals surface area (Å²) in [6, 6.07) is 4.46. The number of nitrogens with zero attached hydrogens (tertiary/aromatic N) is 2. The van der Waals surface area contributed by atoms with Gasteiger partial charge in [0.15, 0.2) is 0 Å². The molecule has 1 amide bonds. The molecule has 0 aromatic heterocycles. The van der Waals surface area contributed by atoms with Crippen molar-refractivity contribution in [1.29, 1.82) is 0 Å². The largest absolute Gasteiger partial charge is 0.399 e. The number of piperidine rings is 1. The maximum absolute atomic E-state index is 13.7. The Morgan fingerprint density at radius 1 is 1.47 bits per heavy atom. The number of amides is 1. The van der Waals surface area contributed by atoms with Crippen LogP contribution in [0.15, 0.2) is 18.2 Å². The maximum atomic E-state index is 13.7. The smallest absolute Gasteiger partial charge is 0.256 e. The molecule has 1 fully saturated rings. The van der Waals surface area contributed by atoms with Crippen molar-refractivity contribution in [3.05, 3.63) is 29.6 Å². The van der Waals surface area contributed by atoms with E-state index >= 15 is 0 Å². The molecule has 0 saturated carbocycles. The van der Waals surface area contributed by atoms with E-state index in [1.807, 2.05) is 14.1 Å². The SMILES string of the molecule is CN(C)C1CCCN(C(=O)c2cc(N)ccc2F)C1. The Labute approximate surface area is 113 Å². The molecule has 1 atom stereocenters. The van der Waals surface area contributed by atoms with Crippen LogP contribution in [0.1, 0.15) is 23.2 Å². The molecule has 2 rings (SSSR count). The molecule has 1 aromatic rings. The molecule has 1 aliphatic rings. The highest BCUT2D eigenvalue weighted by Gasteiger charge is 2.27. The number of likely N-dealkylation sites (N-methyl/N-ethyl adjacent to an activating group) is 1. The van der Waals surface area contributed by atoms with E-state index in [1.165, 1.54) is 18.2 Å². The average Bonchev–Trinajstić information content (AvgIpc) is 2.41. The second-order valence-electron chi connectivity index (χ2n) is 5.25. The van der Waals surface area contributed by atoms with Gasteiger partial charge >= 0.3 is 0 Å². The molecule has 1 heterocycles. The second-order valence-corrected chi connectivity index (χ2v) is 5.25. The predicted molar refractivity (Wildman–Crippen MR) is 73.4 cm³/mol. The summed E-state index contributed by atoms with van der Waals surface area (Å²) in [5, 5.41) is 0. The Balaban J connectivity index is 2.17. The number of nitrogens with two attached hydrogens (primary N) is 1. The topological polar surface area (TPSA) is 49.6 Å². The van der Waals surface area contributed by atoms with Crippen LogP contribution in [0.4, 0.5) is 10.1 Å². The summed E-state index contributed by atoms with van der Waals surface area (Å²) < 4.78 is 13.7. The minimum Gasteiger partial charge on any atom is -0.399 e. The lowest BCUT2D eigenvalue weighted by Crippen LogP contribution is -2.47. The zero-order chi connectivity index (χ0) is 14.0. The lowest BCUT2D eigenvalue weighted by Gasteiger charge is -2.36. The van der Waals surface area contributed by atoms with Gasteiger partial charge in [0, 0.05) is 24.8 Å². The first-order valence-electron chi connectivity index (χ1n) is 6.50. The van der Waals surface area contributed by atoms with Gasteiger partial charge in [0.05, 0.1) is 5.56 Å². The molecule has 0 bridgehead atoms. The third kappa shape index (κ3) is 3.04. The van der Waals surface area contributed by atoms with Gasteiger partial charge in [-0.15, -0.1) is 0 Å². The molecular formula is C14H20FN3O. The minimum absolute atomic E-state index is 0.0689. The number of halogens is 1. The Bertz CT molecular complexity index is 476. The van der Waals surface area contributed by atoms with Gasteiger partial charge in [0.25, 0.3) is 5.91 Å². The highest BCUT2D eigenvalue weighted by atomic mass is 19.1. The third-order valence-corrected chi connectivity index (χ3v) is 3.63. The fourth-order valence-electron chi connectivity index (χ4n) is 2.44. The Kier molecular flexibility index (Phi) is 4.04. The van der Waals surface area contributed by atoms with Crippen molar-refractivity contribution < 1.29 is 9.18 Å². The van der Waals surface area contributed by atoms with Gasteiger partial charge in [0.2, 0.25) is 0 Å². The highest BCUT2D eigenvalue weighted by molar-refractivity contribution is 5.95. The standard InChI is InChI=1S/C14H20FN3O/c1-17(2)11-4-3-7-18(9-11)14(19)12-8-10(16)5-6-13(12)15/h5-6,8,11H,3-4,7,9,16H2,1-2H3. The molecule has 19 heavy (non-hydrogen) atoms. The second kappa shape index (κ2) is 5.57. The van der Waals surface area contributed by atoms with Gasteiger partial charge in [-0.25, -0.2) is 4.39 Å². The number of benzene rings is 1. The molecular weight excluding hydrogens is 245 g/mol. The summed E-state index contributed by atoms with van der Waals surface area (Å²) in [6.45, 7) is 1.32. The molecule has 1 aliphatic heterocycles. The van der Waals surface area contributed by atoms with Crippen LogP contribution < -0.4 is 5.73 Å². The highest BCUT2D eigenvalue weighted by Crippen LogP contribution is 2.19. The van der Waals surface area contributed by atoms with Crippen molar-refractivity contribution in [2.24, 2.45) is 0 Å². The fraction of sp³-hybridized carbons (Fsp3) is 0.500. The van der Waals surface area contributed by atoms with E-state index in [9.17, 15) is 9.18 Å². The molecule has 1 aromatic carbocycles. The number of anilines is 1. The molecule has 5 heteroatoms. The summed E-state index contributed by atoms with van der Waals surface area (Å²) in [5.74, 6) is -0.775. The number of nitrogen functional groups attached to an aromatic ring is 1. The van der Waals surface area contributed by atoms with Crippen molar-refractivity contribution in [3.8, 4) is 0 Å². The zero-order valence-corrected chi connectivity index (χ0v) is 11.4. The van der Waals surface area contributed by atoms with Crippen molar-refractivity contribution >= 4 is 11.6 Å². The lowest BCUT2D eigenvalue weighted by atomic mass is 10.0. The van der Waals surface area contributed by atoms with E-state index < -0.39 is 5.82 Å². The van der Waals surface area contributed by atoms with Crippen molar-refractivity contribution in [2.45, 2.75) is 18.9 Å². The van der Waals surface area contributed by atoms with Gasteiger partial charge in [-0.2, -0.15) is 0 Å². The Hall–Kier alpha value is -1.62. The van der Waals surface area contributed by atoms with Crippen LogP contribution in [0.2, 0.25) is 0 Å². The van der Waals surface area contributed by atoms with Crippen LogP contribution in [0.5, 0.6) is 0 Å². The summed E-state index contributed by atoms with van der Waals surface area (Å²) in [4.78, 5) is 16.2. The molecule has 104 valence electrons. The van der Waals surface area contributed by atoms with E-state index in [0.29, 0.717) is 24.8 Å². The van der Waals surface area contributed by atoms with E-state index in [-0.39, 0.29) is 11.5 Å². The van der Waals surface area contributed by atoms with Crippen LogP contribution in [-0.2, 0) is 0 Å². The van der Waals surface area contributed by atoms with Crippen LogP contribution in [0.25, 0.3) is 0 Å².